The third-order valence-electron chi connectivity index (χ3n) is 10.6. The van der Waals surface area contributed by atoms with Gasteiger partial charge in [0.05, 0.1) is 9.67 Å². The average molecular weight is 861 g/mol. The molecule has 0 fully saturated rings. The molecule has 0 saturated heterocycles. The van der Waals surface area contributed by atoms with Crippen LogP contribution in [0.4, 0.5) is 15.3 Å². The Morgan fingerprint density at radius 1 is 0.661 bits per heavy atom. The van der Waals surface area contributed by atoms with Gasteiger partial charge < -0.3 is 28.9 Å². The number of thioether (sulfide) groups is 1. The summed E-state index contributed by atoms with van der Waals surface area (Å²) in [5.41, 5.74) is 5.00. The van der Waals surface area contributed by atoms with Gasteiger partial charge in [0.15, 0.2) is 0 Å². The lowest BCUT2D eigenvalue weighted by Gasteiger charge is -2.35. The van der Waals surface area contributed by atoms with E-state index in [1.165, 1.54) is 41.0 Å². The zero-order chi connectivity index (χ0) is 44.3. The second-order valence-corrected chi connectivity index (χ2v) is 17.2. The first-order valence-corrected chi connectivity index (χ1v) is 22.2. The quantitative estimate of drug-likeness (QED) is 0.0157. The van der Waals surface area contributed by atoms with Crippen molar-refractivity contribution in [2.24, 2.45) is 0 Å². The lowest BCUT2D eigenvalue weighted by atomic mass is 9.84. The lowest BCUT2D eigenvalue weighted by Crippen LogP contribution is -2.37. The van der Waals surface area contributed by atoms with Gasteiger partial charge in [-0.1, -0.05) is 103 Å². The van der Waals surface area contributed by atoms with Gasteiger partial charge in [-0.3, -0.25) is 10.1 Å². The second-order valence-electron chi connectivity index (χ2n) is 15.9. The molecule has 0 bridgehead atoms. The molecule has 1 unspecified atom stereocenters. The molecule has 11 nitrogen and oxygen atoms in total. The smallest absolute Gasteiger partial charge is 0.426 e. The number of benzene rings is 5. The maximum absolute atomic E-state index is 13.5. The highest BCUT2D eigenvalue weighted by molar-refractivity contribution is 8.00. The van der Waals surface area contributed by atoms with Crippen LogP contribution in [0.25, 0.3) is 0 Å². The maximum atomic E-state index is 13.5. The minimum Gasteiger partial charge on any atom is -0.426 e. The highest BCUT2D eigenvalue weighted by atomic mass is 32.2. The van der Waals surface area contributed by atoms with E-state index in [2.05, 4.69) is 82.6 Å². The van der Waals surface area contributed by atoms with Gasteiger partial charge in [-0.25, -0.2) is 9.59 Å². The molecule has 0 aromatic heterocycles. The third kappa shape index (κ3) is 13.9. The number of unbranched alkanes of at least 4 members (excludes halogenated alkanes) is 2. The maximum Gasteiger partial charge on any atom is 0.514 e. The van der Waals surface area contributed by atoms with E-state index in [1.54, 1.807) is 11.0 Å². The molecule has 0 aliphatic carbocycles. The molecular formula is C50H60N4O7S. The number of aryl methyl sites for hydroxylation is 1. The number of hydrogen-bond acceptors (Lipinski definition) is 10. The summed E-state index contributed by atoms with van der Waals surface area (Å²) in [5.74, 6) is 1.45. The average Bonchev–Trinajstić information content (AvgIpc) is 3.27. The number of carbonyl (C=O) groups is 2. The standard InChI is InChI=1S/C50H60N4O7S/c1-39-38-40(27-32-46(39)60-48(55)53(35-18-33-51(2)3)36-19-34-52(4)5)47(61-49(56)59-45-30-28-44(29-31-45)54(57)58)26-16-9-17-37-62-50(41-20-10-6-11-21-41,42-22-12-7-13-23-42)43-24-14-8-15-25-43/h6-8,10-15,20-25,27-32,38,47H,9,16-19,26,33-37H2,1-5H3. The number of nitrogens with zero attached hydrogens (tertiary/aromatic N) is 4. The summed E-state index contributed by atoms with van der Waals surface area (Å²) in [6, 6.07) is 42.7. The number of hydrogen-bond donors (Lipinski definition) is 0. The molecular weight excluding hydrogens is 801 g/mol. The Labute approximate surface area is 371 Å². The van der Waals surface area contributed by atoms with Crippen molar-refractivity contribution in [3.05, 3.63) is 171 Å². The molecule has 12 heteroatoms. The van der Waals surface area contributed by atoms with Crippen molar-refractivity contribution in [1.82, 2.24) is 14.7 Å². The van der Waals surface area contributed by atoms with Crippen LogP contribution < -0.4 is 9.47 Å². The van der Waals surface area contributed by atoms with Gasteiger partial charge in [0.1, 0.15) is 17.6 Å². The fourth-order valence-corrected chi connectivity index (χ4v) is 8.93. The Kier molecular flexibility index (Phi) is 18.4. The Hall–Kier alpha value is -5.69. The van der Waals surface area contributed by atoms with Crippen molar-refractivity contribution in [3.8, 4) is 11.5 Å². The fraction of sp³-hybridized carbons (Fsp3) is 0.360. The van der Waals surface area contributed by atoms with E-state index in [-0.39, 0.29) is 11.4 Å². The van der Waals surface area contributed by atoms with Crippen molar-refractivity contribution in [2.75, 3.05) is 60.1 Å². The Morgan fingerprint density at radius 3 is 1.68 bits per heavy atom. The van der Waals surface area contributed by atoms with Crippen LogP contribution in [0.1, 0.15) is 72.4 Å². The molecule has 1 amide bonds. The van der Waals surface area contributed by atoms with Crippen LogP contribution in [0.2, 0.25) is 0 Å². The summed E-state index contributed by atoms with van der Waals surface area (Å²) in [5, 5.41) is 11.2. The summed E-state index contributed by atoms with van der Waals surface area (Å²) in [6.07, 6.45) is 2.75. The van der Waals surface area contributed by atoms with E-state index in [0.717, 1.165) is 62.1 Å². The summed E-state index contributed by atoms with van der Waals surface area (Å²) < 4.78 is 17.0. The number of rotatable bonds is 23. The molecule has 328 valence electrons. The number of carbonyl (C=O) groups excluding carboxylic acids is 2. The molecule has 0 saturated carbocycles. The summed E-state index contributed by atoms with van der Waals surface area (Å²) in [7, 11) is 8.06. The van der Waals surface area contributed by atoms with E-state index >= 15 is 0 Å². The van der Waals surface area contributed by atoms with Gasteiger partial charge in [0.2, 0.25) is 0 Å². The van der Waals surface area contributed by atoms with E-state index in [4.69, 9.17) is 14.2 Å². The number of amides is 1. The van der Waals surface area contributed by atoms with Crippen molar-refractivity contribution < 1.29 is 28.7 Å². The SMILES string of the molecule is Cc1cc(C(CCCCCSC(c2ccccc2)(c2ccccc2)c2ccccc2)OC(=O)Oc2ccc([N+](=O)[O-])cc2)ccc1OC(=O)N(CCCN(C)C)CCCN(C)C. The zero-order valence-electron chi connectivity index (χ0n) is 36.6. The highest BCUT2D eigenvalue weighted by Gasteiger charge is 2.36. The molecule has 5 aromatic rings. The molecule has 0 aliphatic rings. The molecule has 0 spiro atoms. The van der Waals surface area contributed by atoms with Gasteiger partial charge in [-0.15, -0.1) is 11.8 Å². The number of non-ortho nitro benzene ring substituents is 1. The van der Waals surface area contributed by atoms with E-state index in [9.17, 15) is 19.7 Å². The fourth-order valence-electron chi connectivity index (χ4n) is 7.36. The van der Waals surface area contributed by atoms with Gasteiger partial charge in [0.25, 0.3) is 5.69 Å². The van der Waals surface area contributed by atoms with Crippen molar-refractivity contribution in [1.29, 1.82) is 0 Å². The van der Waals surface area contributed by atoms with Crippen LogP contribution >= 0.6 is 11.8 Å². The van der Waals surface area contributed by atoms with Gasteiger partial charge in [-0.05, 0) is 138 Å². The Balaban J connectivity index is 1.29. The highest BCUT2D eigenvalue weighted by Crippen LogP contribution is 2.48. The minimum absolute atomic E-state index is 0.114. The zero-order valence-corrected chi connectivity index (χ0v) is 37.4. The molecule has 5 rings (SSSR count). The van der Waals surface area contributed by atoms with Crippen LogP contribution in [-0.2, 0) is 9.48 Å². The van der Waals surface area contributed by atoms with Crippen LogP contribution in [0, 0.1) is 17.0 Å². The topological polar surface area (TPSA) is 115 Å². The van der Waals surface area contributed by atoms with Gasteiger partial charge >= 0.3 is 12.2 Å². The van der Waals surface area contributed by atoms with E-state index in [0.29, 0.717) is 25.3 Å². The molecule has 62 heavy (non-hydrogen) atoms. The van der Waals surface area contributed by atoms with Crippen LogP contribution in [-0.4, -0.2) is 92.0 Å². The Bertz CT molecular complexity index is 2030. The predicted octanol–water partition coefficient (Wildman–Crippen LogP) is 11.1. The van der Waals surface area contributed by atoms with E-state index < -0.39 is 28.0 Å². The minimum atomic E-state index is -0.919. The van der Waals surface area contributed by atoms with Crippen LogP contribution in [0.5, 0.6) is 11.5 Å². The monoisotopic (exact) mass is 860 g/mol. The van der Waals surface area contributed by atoms with Crippen molar-refractivity contribution in [2.45, 2.75) is 56.3 Å². The number of nitro groups is 1. The third-order valence-corrected chi connectivity index (χ3v) is 12.2. The lowest BCUT2D eigenvalue weighted by molar-refractivity contribution is -0.384. The largest absolute Gasteiger partial charge is 0.514 e. The molecule has 1 atom stereocenters. The summed E-state index contributed by atoms with van der Waals surface area (Å²) >= 11 is 1.92. The summed E-state index contributed by atoms with van der Waals surface area (Å²) in [4.78, 5) is 43.3. The molecule has 0 radical (unpaired) electrons. The van der Waals surface area contributed by atoms with Crippen molar-refractivity contribution in [3.63, 3.8) is 0 Å². The predicted molar refractivity (Wildman–Crippen MR) is 248 cm³/mol. The van der Waals surface area contributed by atoms with Gasteiger partial charge in [0, 0.05) is 25.2 Å². The number of nitro benzene ring substituents is 1. The van der Waals surface area contributed by atoms with Crippen molar-refractivity contribution >= 4 is 29.7 Å². The molecule has 0 aliphatic heterocycles. The molecule has 5 aromatic carbocycles. The molecule has 0 heterocycles. The first-order chi connectivity index (χ1) is 30.0. The summed E-state index contributed by atoms with van der Waals surface area (Å²) in [6.45, 7) is 4.75. The number of ether oxygens (including phenoxy) is 3. The normalized spacial score (nSPS) is 11.9. The second kappa shape index (κ2) is 24.1. The van der Waals surface area contributed by atoms with Crippen LogP contribution in [0.3, 0.4) is 0 Å². The van der Waals surface area contributed by atoms with E-state index in [1.807, 2.05) is 77.2 Å². The first kappa shape index (κ1) is 47.4. The van der Waals surface area contributed by atoms with Gasteiger partial charge in [-0.2, -0.15) is 0 Å². The first-order valence-electron chi connectivity index (χ1n) is 21.3. The molecule has 0 N–H and O–H groups in total. The van der Waals surface area contributed by atoms with Crippen LogP contribution in [0.15, 0.2) is 133 Å². The Morgan fingerprint density at radius 2 is 1.19 bits per heavy atom.